The number of rotatable bonds is 3. The van der Waals surface area contributed by atoms with Crippen molar-refractivity contribution in [3.63, 3.8) is 0 Å². The lowest BCUT2D eigenvalue weighted by atomic mass is 10.2. The van der Waals surface area contributed by atoms with Crippen LogP contribution in [-0.2, 0) is 4.79 Å². The third kappa shape index (κ3) is 3.33. The molecule has 0 unspecified atom stereocenters. The van der Waals surface area contributed by atoms with Gasteiger partial charge in [0.1, 0.15) is 5.70 Å². The molecule has 112 valence electrons. The van der Waals surface area contributed by atoms with Crippen LogP contribution >= 0.6 is 11.8 Å². The summed E-state index contributed by atoms with van der Waals surface area (Å²) in [6.45, 7) is 0. The van der Waals surface area contributed by atoms with Gasteiger partial charge in [0.05, 0.1) is 17.5 Å². The van der Waals surface area contributed by atoms with Gasteiger partial charge in [-0.3, -0.25) is 9.69 Å². The first-order chi connectivity index (χ1) is 11.3. The Morgan fingerprint density at radius 1 is 1.09 bits per heavy atom. The highest BCUT2D eigenvalue weighted by atomic mass is 32.2. The van der Waals surface area contributed by atoms with Crippen molar-refractivity contribution < 1.29 is 4.79 Å². The number of thioether (sulfide) groups is 1. The second-order valence-electron chi connectivity index (χ2n) is 4.76. The van der Waals surface area contributed by atoms with Crippen LogP contribution in [0.1, 0.15) is 5.56 Å². The zero-order chi connectivity index (χ0) is 16.1. The molecule has 1 heterocycles. The number of hydrogen-bond acceptors (Lipinski definition) is 4. The van der Waals surface area contributed by atoms with Gasteiger partial charge >= 0.3 is 0 Å². The molecule has 0 saturated heterocycles. The number of carbonyl (C=O) groups excluding carboxylic acids is 1. The van der Waals surface area contributed by atoms with Gasteiger partial charge in [-0.15, -0.1) is 0 Å². The van der Waals surface area contributed by atoms with Gasteiger partial charge in [-0.1, -0.05) is 60.3 Å². The minimum atomic E-state index is -0.180. The first-order valence-electron chi connectivity index (χ1n) is 7.04. The molecule has 0 radical (unpaired) electrons. The Balaban J connectivity index is 1.98. The number of hydrogen-bond donors (Lipinski definition) is 0. The third-order valence-electron chi connectivity index (χ3n) is 3.21. The van der Waals surface area contributed by atoms with E-state index in [0.717, 1.165) is 11.3 Å². The molecule has 0 atom stereocenters. The lowest BCUT2D eigenvalue weighted by molar-refractivity contribution is -0.113. The highest BCUT2D eigenvalue weighted by molar-refractivity contribution is 8.14. The van der Waals surface area contributed by atoms with Crippen molar-refractivity contribution in [2.75, 3.05) is 10.7 Å². The molecule has 3 rings (SSSR count). The Kier molecular flexibility index (Phi) is 4.55. The van der Waals surface area contributed by atoms with Crippen LogP contribution in [0.25, 0.3) is 6.08 Å². The standard InChI is InChI=1S/C18H13N3OS/c19-11-12-23-18-20-16(13-14-7-3-1-4-8-14)17(22)21(18)15-9-5-2-6-10-15/h1-10,13H,12H2/b16-13+. The monoisotopic (exact) mass is 319 g/mol. The summed E-state index contributed by atoms with van der Waals surface area (Å²) in [6, 6.07) is 21.0. The van der Waals surface area contributed by atoms with Crippen molar-refractivity contribution in [1.29, 1.82) is 5.26 Å². The molecular weight excluding hydrogens is 306 g/mol. The molecule has 0 aromatic heterocycles. The summed E-state index contributed by atoms with van der Waals surface area (Å²) in [7, 11) is 0. The Bertz CT molecular complexity index is 807. The first-order valence-corrected chi connectivity index (χ1v) is 8.03. The molecular formula is C18H13N3OS. The smallest absolute Gasteiger partial charge is 0.266 e. The fourth-order valence-corrected chi connectivity index (χ4v) is 2.88. The maximum atomic E-state index is 12.7. The van der Waals surface area contributed by atoms with Gasteiger partial charge in [0.15, 0.2) is 5.17 Å². The van der Waals surface area contributed by atoms with Crippen LogP contribution in [-0.4, -0.2) is 16.8 Å². The number of nitriles is 1. The van der Waals surface area contributed by atoms with Gasteiger partial charge in [0.2, 0.25) is 0 Å². The predicted molar refractivity (Wildman–Crippen MR) is 93.9 cm³/mol. The number of amides is 1. The van der Waals surface area contributed by atoms with Crippen LogP contribution in [0.2, 0.25) is 0 Å². The average molecular weight is 319 g/mol. The minimum absolute atomic E-state index is 0.180. The highest BCUT2D eigenvalue weighted by Gasteiger charge is 2.31. The summed E-state index contributed by atoms with van der Waals surface area (Å²) in [6.07, 6.45) is 1.76. The molecule has 0 bridgehead atoms. The maximum Gasteiger partial charge on any atom is 0.283 e. The highest BCUT2D eigenvalue weighted by Crippen LogP contribution is 2.28. The van der Waals surface area contributed by atoms with Gasteiger partial charge in [-0.25, -0.2) is 4.99 Å². The van der Waals surface area contributed by atoms with E-state index >= 15 is 0 Å². The van der Waals surface area contributed by atoms with Crippen molar-refractivity contribution in [2.45, 2.75) is 0 Å². The molecule has 0 fully saturated rings. The van der Waals surface area contributed by atoms with E-state index in [9.17, 15) is 4.79 Å². The van der Waals surface area contributed by atoms with Crippen LogP contribution in [0, 0.1) is 11.3 Å². The van der Waals surface area contributed by atoms with E-state index in [0.29, 0.717) is 10.9 Å². The number of anilines is 1. The van der Waals surface area contributed by atoms with Gasteiger partial charge in [-0.05, 0) is 23.8 Å². The van der Waals surface area contributed by atoms with Crippen LogP contribution in [0.5, 0.6) is 0 Å². The first kappa shape index (κ1) is 15.1. The van der Waals surface area contributed by atoms with E-state index in [4.69, 9.17) is 5.26 Å². The van der Waals surface area contributed by atoms with E-state index in [1.54, 1.807) is 11.0 Å². The maximum absolute atomic E-state index is 12.7. The third-order valence-corrected chi connectivity index (χ3v) is 4.02. The second kappa shape index (κ2) is 6.95. The van der Waals surface area contributed by atoms with Gasteiger partial charge in [0, 0.05) is 0 Å². The summed E-state index contributed by atoms with van der Waals surface area (Å²) in [5, 5.41) is 9.34. The molecule has 2 aromatic rings. The van der Waals surface area contributed by atoms with Crippen LogP contribution in [0.4, 0.5) is 5.69 Å². The minimum Gasteiger partial charge on any atom is -0.266 e. The summed E-state index contributed by atoms with van der Waals surface area (Å²) >= 11 is 1.26. The average Bonchev–Trinajstić information content (AvgIpc) is 2.90. The molecule has 0 N–H and O–H groups in total. The molecule has 1 aliphatic rings. The van der Waals surface area contributed by atoms with E-state index < -0.39 is 0 Å². The predicted octanol–water partition coefficient (Wildman–Crippen LogP) is 3.69. The number of para-hydroxylation sites is 1. The summed E-state index contributed by atoms with van der Waals surface area (Å²) in [4.78, 5) is 18.7. The zero-order valence-electron chi connectivity index (χ0n) is 12.2. The van der Waals surface area contributed by atoms with Crippen LogP contribution in [0.15, 0.2) is 71.4 Å². The molecule has 4 nitrogen and oxygen atoms in total. The molecule has 23 heavy (non-hydrogen) atoms. The van der Waals surface area contributed by atoms with Crippen molar-refractivity contribution in [3.8, 4) is 6.07 Å². The van der Waals surface area contributed by atoms with Gasteiger partial charge in [0.25, 0.3) is 5.91 Å². The summed E-state index contributed by atoms with van der Waals surface area (Å²) < 4.78 is 0. The van der Waals surface area contributed by atoms with Crippen molar-refractivity contribution in [3.05, 3.63) is 71.9 Å². The summed E-state index contributed by atoms with van der Waals surface area (Å²) in [5.41, 5.74) is 2.04. The number of carbonyl (C=O) groups is 1. The van der Waals surface area contributed by atoms with Crippen molar-refractivity contribution in [2.24, 2.45) is 4.99 Å². The molecule has 5 heteroatoms. The Morgan fingerprint density at radius 3 is 2.39 bits per heavy atom. The van der Waals surface area contributed by atoms with Crippen molar-refractivity contribution in [1.82, 2.24) is 0 Å². The number of benzene rings is 2. The fourth-order valence-electron chi connectivity index (χ4n) is 2.20. The number of amidine groups is 1. The molecule has 0 saturated carbocycles. The quantitative estimate of drug-likeness (QED) is 0.811. The number of nitrogens with zero attached hydrogens (tertiary/aromatic N) is 3. The zero-order valence-corrected chi connectivity index (χ0v) is 13.0. The second-order valence-corrected chi connectivity index (χ2v) is 5.70. The molecule has 1 aliphatic heterocycles. The Labute approximate surface area is 138 Å². The Morgan fingerprint density at radius 2 is 1.74 bits per heavy atom. The molecule has 0 spiro atoms. The largest absolute Gasteiger partial charge is 0.283 e. The fraction of sp³-hybridized carbons (Fsp3) is 0.0556. The van der Waals surface area contributed by atoms with Crippen LogP contribution < -0.4 is 4.90 Å². The Hall–Kier alpha value is -2.84. The van der Waals surface area contributed by atoms with Gasteiger partial charge in [-0.2, -0.15) is 5.26 Å². The van der Waals surface area contributed by atoms with E-state index in [-0.39, 0.29) is 11.7 Å². The van der Waals surface area contributed by atoms with E-state index in [2.05, 4.69) is 11.1 Å². The molecule has 2 aromatic carbocycles. The van der Waals surface area contributed by atoms with Gasteiger partial charge < -0.3 is 0 Å². The normalized spacial score (nSPS) is 15.6. The van der Waals surface area contributed by atoms with E-state index in [1.807, 2.05) is 60.7 Å². The van der Waals surface area contributed by atoms with E-state index in [1.165, 1.54) is 11.8 Å². The topological polar surface area (TPSA) is 56.5 Å². The lowest BCUT2D eigenvalue weighted by Gasteiger charge is -2.16. The molecule has 0 aliphatic carbocycles. The van der Waals surface area contributed by atoms with Crippen LogP contribution in [0.3, 0.4) is 0 Å². The molecule has 1 amide bonds. The SMILES string of the molecule is N#CCSC1=N/C(=C/c2ccccc2)C(=O)N1c1ccccc1. The lowest BCUT2D eigenvalue weighted by Crippen LogP contribution is -2.30. The summed E-state index contributed by atoms with van der Waals surface area (Å²) in [5.74, 6) is 0.0640. The van der Waals surface area contributed by atoms with Crippen molar-refractivity contribution >= 4 is 34.6 Å². The number of aliphatic imine (C=N–C) groups is 1.